The van der Waals surface area contributed by atoms with E-state index in [-0.39, 0.29) is 10.9 Å². The maximum absolute atomic E-state index is 13.0. The number of alkyl halides is 9. The molecule has 9 rings (SSSR count). The second-order valence-corrected chi connectivity index (χ2v) is 38.4. The molecule has 3 aliphatic heterocycles. The third-order valence-corrected chi connectivity index (χ3v) is 28.7. The highest BCUT2D eigenvalue weighted by atomic mass is 32.2. The van der Waals surface area contributed by atoms with E-state index in [1.54, 1.807) is 33.9 Å². The second kappa shape index (κ2) is 40.0. The van der Waals surface area contributed by atoms with Gasteiger partial charge in [0, 0.05) is 72.1 Å². The number of phenolic OH excluding ortho intramolecular Hbond substituents is 1. The molecule has 0 radical (unpaired) electrons. The van der Waals surface area contributed by atoms with Gasteiger partial charge in [0.05, 0.1) is 22.9 Å². The molecule has 3 atom stereocenters. The minimum atomic E-state index is -5.86. The van der Waals surface area contributed by atoms with E-state index in [1.807, 2.05) is 48.5 Å². The average Bonchev–Trinajstić information content (AvgIpc) is 0.949. The van der Waals surface area contributed by atoms with Crippen LogP contribution in [0.5, 0.6) is 17.2 Å². The van der Waals surface area contributed by atoms with Gasteiger partial charge >= 0.3 is 39.8 Å². The molecule has 3 fully saturated rings. The van der Waals surface area contributed by atoms with Crippen LogP contribution in [0.3, 0.4) is 0 Å². The number of fused-ring (bicyclic) bond motifs is 3. The molecule has 0 aliphatic carbocycles. The van der Waals surface area contributed by atoms with Crippen molar-refractivity contribution in [3.63, 3.8) is 0 Å². The first kappa shape index (κ1) is 94.4. The van der Waals surface area contributed by atoms with Crippen LogP contribution in [0, 0.1) is 16.2 Å². The summed E-state index contributed by atoms with van der Waals surface area (Å²) in [5.41, 5.74) is -3.05. The number of phenols is 1. The van der Waals surface area contributed by atoms with Crippen molar-refractivity contribution in [2.24, 2.45) is 16.2 Å². The zero-order valence-electron chi connectivity index (χ0n) is 62.5. The Bertz CT molecular complexity index is 4120. The van der Waals surface area contributed by atoms with E-state index in [0.29, 0.717) is 86.5 Å². The monoisotopic (exact) mass is 1650 g/mol. The molecule has 3 saturated heterocycles. The Balaban J connectivity index is 0.000000275. The first-order valence-electron chi connectivity index (χ1n) is 34.6. The number of hydrogen-bond donors (Lipinski definition) is 1. The predicted octanol–water partition coefficient (Wildman–Crippen LogP) is 16.0. The molecule has 1 N–H and O–H groups in total. The van der Waals surface area contributed by atoms with Gasteiger partial charge in [0.1, 0.15) is 58.4 Å². The first-order valence-corrected chi connectivity index (χ1v) is 43.5. The average molecular weight is 1650 g/mol. The van der Waals surface area contributed by atoms with Crippen molar-refractivity contribution >= 4 is 113 Å². The number of esters is 3. The Morgan fingerprint density at radius 1 is 0.417 bits per heavy atom. The topological polar surface area (TPSA) is 298 Å². The highest BCUT2D eigenvalue weighted by Gasteiger charge is 2.50. The van der Waals surface area contributed by atoms with Crippen LogP contribution in [0.2, 0.25) is 0 Å². The lowest BCUT2D eigenvalue weighted by molar-refractivity contribution is -0.170. The standard InChI is InChI=1S/C17H21O2S.C16H16F3OS.C14H14OS.3C9H16F2O5S/c1-18-10-11-19-16-8-9-17(20-12-4-5-13-20)15-7-3-2-6-14(15)16;17-16(18,19)11-20-14-7-8-15(21-9-3-4-10-21)13-6-2-1-5-12(13)14;15-13-7-8-14(16-9-3-4-10-16)12-6-2-1-5-11(12)13;3*1-5-8(3,4)7(12)16-6(2)9(10,11)17(13,14)15/h2-3,6-9H,4-5,10-13H2,1H3;1-2,5-8H,3-4,9-11H2;1-2,5-8H,3-4,9-10H2;3*6H,5H2,1-4H3,(H,13,14,15)/q2*+1;;;;/p-2. The summed E-state index contributed by atoms with van der Waals surface area (Å²) in [7, 11) is -14.8. The summed E-state index contributed by atoms with van der Waals surface area (Å²) in [4.78, 5) is 38.5. The first-order chi connectivity index (χ1) is 49.9. The van der Waals surface area contributed by atoms with E-state index in [9.17, 15) is 97.9 Å². The van der Waals surface area contributed by atoms with E-state index >= 15 is 0 Å². The molecule has 19 nitrogen and oxygen atoms in total. The summed E-state index contributed by atoms with van der Waals surface area (Å²) in [5.74, 6) is 6.51. The van der Waals surface area contributed by atoms with Gasteiger partial charge in [-0.25, -0.2) is 25.3 Å². The van der Waals surface area contributed by atoms with Crippen molar-refractivity contribution in [3.05, 3.63) is 109 Å². The molecule has 34 heteroatoms. The fourth-order valence-corrected chi connectivity index (χ4v) is 18.8. The molecule has 3 heterocycles. The number of methoxy groups -OCH3 is 1. The number of halogens is 9. The van der Waals surface area contributed by atoms with E-state index in [2.05, 4.69) is 68.8 Å². The van der Waals surface area contributed by atoms with E-state index in [4.69, 9.17) is 14.2 Å². The van der Waals surface area contributed by atoms with Crippen molar-refractivity contribution in [3.8, 4) is 17.2 Å². The van der Waals surface area contributed by atoms with Crippen molar-refractivity contribution in [1.82, 2.24) is 0 Å². The Hall–Kier alpha value is -5.98. The minimum Gasteiger partial charge on any atom is -0.743 e. The maximum atomic E-state index is 13.0. The van der Waals surface area contributed by atoms with Crippen LogP contribution in [0.25, 0.3) is 32.3 Å². The molecule has 0 aromatic heterocycles. The molecule has 3 unspecified atom stereocenters. The minimum absolute atomic E-state index is 0.228. The molecule has 108 heavy (non-hydrogen) atoms. The predicted molar refractivity (Wildman–Crippen MR) is 399 cm³/mol. The summed E-state index contributed by atoms with van der Waals surface area (Å²) in [6.07, 6.45) is -2.32. The smallest absolute Gasteiger partial charge is 0.422 e. The summed E-state index contributed by atoms with van der Waals surface area (Å²) in [5, 5.41) is 2.60. The summed E-state index contributed by atoms with van der Waals surface area (Å²) >= 11 is 0. The van der Waals surface area contributed by atoms with Gasteiger partial charge < -0.3 is 47.2 Å². The molecule has 0 saturated carbocycles. The van der Waals surface area contributed by atoms with Crippen LogP contribution < -0.4 is 9.47 Å². The highest BCUT2D eigenvalue weighted by Crippen LogP contribution is 2.40. The van der Waals surface area contributed by atoms with Gasteiger partial charge in [-0.15, -0.1) is 0 Å². The third-order valence-electron chi connectivity index (χ3n) is 18.1. The quantitative estimate of drug-likeness (QED) is 0.0147. The van der Waals surface area contributed by atoms with Crippen molar-refractivity contribution in [2.75, 3.05) is 61.4 Å². The molecule has 6 aromatic rings. The van der Waals surface area contributed by atoms with Crippen LogP contribution in [0.4, 0.5) is 39.5 Å². The van der Waals surface area contributed by atoms with Crippen LogP contribution in [0.1, 0.15) is 141 Å². The Morgan fingerprint density at radius 3 is 0.944 bits per heavy atom. The van der Waals surface area contributed by atoms with Gasteiger partial charge in [0.25, 0.3) is 0 Å². The maximum Gasteiger partial charge on any atom is 0.422 e. The molecule has 0 bridgehead atoms. The summed E-state index contributed by atoms with van der Waals surface area (Å²) in [6.45, 7) is 15.7. The number of hydrogen-bond acceptors (Lipinski definition) is 19. The summed E-state index contributed by atoms with van der Waals surface area (Å²) < 4.78 is 237. The number of carbonyl (C=O) groups excluding carboxylic acids is 3. The fourth-order valence-electron chi connectivity index (χ4n) is 9.98. The van der Waals surface area contributed by atoms with Crippen molar-refractivity contribution in [2.45, 2.75) is 196 Å². The van der Waals surface area contributed by atoms with Gasteiger partial charge in [-0.05, 0) is 175 Å². The van der Waals surface area contributed by atoms with Gasteiger partial charge in [-0.2, -0.15) is 39.5 Å². The van der Waals surface area contributed by atoms with Gasteiger partial charge in [-0.3, -0.25) is 14.4 Å². The van der Waals surface area contributed by atoms with Gasteiger partial charge in [-0.1, -0.05) is 75.4 Å². The number of rotatable bonds is 24. The van der Waals surface area contributed by atoms with Crippen LogP contribution in [0.15, 0.2) is 124 Å². The Kier molecular flexibility index (Phi) is 34.9. The molecule has 0 spiro atoms. The zero-order chi connectivity index (χ0) is 81.8. The lowest BCUT2D eigenvalue weighted by atomic mass is 9.90. The Morgan fingerprint density at radius 2 is 0.676 bits per heavy atom. The van der Waals surface area contributed by atoms with Crippen LogP contribution >= 0.6 is 0 Å². The zero-order valence-corrected chi connectivity index (χ0v) is 67.4. The fraction of sp³-hybridized carbons (Fsp3) is 0.554. The van der Waals surface area contributed by atoms with E-state index < -0.39 is 111 Å². The number of aromatic hydroxyl groups is 1. The van der Waals surface area contributed by atoms with Gasteiger partial charge in [0.2, 0.25) is 0 Å². The van der Waals surface area contributed by atoms with Crippen molar-refractivity contribution in [1.29, 1.82) is 0 Å². The largest absolute Gasteiger partial charge is 0.743 e. The van der Waals surface area contributed by atoms with Crippen LogP contribution in [-0.4, -0.2) is 164 Å². The van der Waals surface area contributed by atoms with Crippen LogP contribution in [-0.2, 0) is 96.4 Å². The summed E-state index contributed by atoms with van der Waals surface area (Å²) in [6, 6.07) is 36.4. The number of carbonyl (C=O) groups is 3. The lowest BCUT2D eigenvalue weighted by Crippen LogP contribution is -2.44. The molecular formula is C74H97F9O19S6. The highest BCUT2D eigenvalue weighted by molar-refractivity contribution is 7.98. The molecule has 0 amide bonds. The molecule has 606 valence electrons. The number of ether oxygens (including phenoxy) is 6. The molecular weight excluding hydrogens is 1560 g/mol. The van der Waals surface area contributed by atoms with Crippen molar-refractivity contribution < 1.29 is 126 Å². The van der Waals surface area contributed by atoms with E-state index in [1.165, 1.54) is 145 Å². The normalized spacial score (nSPS) is 16.0. The van der Waals surface area contributed by atoms with E-state index in [0.717, 1.165) is 21.9 Å². The Labute approximate surface area is 635 Å². The molecule has 6 aromatic carbocycles. The van der Waals surface area contributed by atoms with Gasteiger partial charge in [0.15, 0.2) is 70.0 Å². The second-order valence-electron chi connectivity index (χ2n) is 27.3. The lowest BCUT2D eigenvalue weighted by Gasteiger charge is -2.29. The number of benzene rings is 6. The SMILES string of the molecule is CCC(C)(C)C(=O)OC(C)C(F)(F)S(=O)(=O)[O-].CCC(C)(C)C(=O)OC(C)C(F)(F)S(=O)(=O)[O-].CCC(C)(C)C(=O)OC(C)C(F)(F)S(=O)(=O)[O-].COCCOc1ccc([S+]2CCCC2)c2ccccc12.FC(F)(F)COc1ccc([S+]2CCCC2)c2ccccc12.Oc1ccc([S+]2CCCC2)c2ccccc12. The third kappa shape index (κ3) is 26.1. The molecule has 3 aliphatic rings.